The fourth-order valence-corrected chi connectivity index (χ4v) is 5.83. The molecular weight excluding hydrogens is 514 g/mol. The maximum atomic E-state index is 14.5. The number of aliphatic imine (C=N–C) groups is 1. The van der Waals surface area contributed by atoms with Gasteiger partial charge in [0.15, 0.2) is 17.3 Å². The highest BCUT2D eigenvalue weighted by atomic mass is 16.5. The number of carbonyl (C=O) groups is 3. The third-order valence-corrected chi connectivity index (χ3v) is 7.49. The van der Waals surface area contributed by atoms with Crippen molar-refractivity contribution >= 4 is 23.4 Å². The normalized spacial score (nSPS) is 22.1. The van der Waals surface area contributed by atoms with Crippen molar-refractivity contribution in [3.05, 3.63) is 64.9 Å². The number of fused-ring (bicyclic) bond motifs is 1. The van der Waals surface area contributed by atoms with E-state index in [0.29, 0.717) is 40.6 Å². The van der Waals surface area contributed by atoms with Gasteiger partial charge in [-0.15, -0.1) is 0 Å². The second kappa shape index (κ2) is 12.4. The van der Waals surface area contributed by atoms with Crippen LogP contribution in [0.1, 0.15) is 50.2 Å². The van der Waals surface area contributed by atoms with Gasteiger partial charge in [0.1, 0.15) is 11.7 Å². The van der Waals surface area contributed by atoms with Crippen LogP contribution in [0, 0.1) is 11.8 Å². The zero-order valence-corrected chi connectivity index (χ0v) is 23.7. The molecule has 4 rings (SSSR count). The number of ketones is 1. The highest BCUT2D eigenvalue weighted by molar-refractivity contribution is 6.18. The quantitative estimate of drug-likeness (QED) is 0.329. The molecule has 4 atom stereocenters. The Morgan fingerprint density at radius 1 is 0.875 bits per heavy atom. The first-order chi connectivity index (χ1) is 19.3. The van der Waals surface area contributed by atoms with Crippen LogP contribution < -0.4 is 14.2 Å². The molecule has 0 radical (unpaired) electrons. The first-order valence-corrected chi connectivity index (χ1v) is 13.3. The maximum Gasteiger partial charge on any atom is 0.336 e. The van der Waals surface area contributed by atoms with Crippen LogP contribution in [0.5, 0.6) is 17.2 Å². The minimum Gasteiger partial charge on any atom is -0.496 e. The van der Waals surface area contributed by atoms with Crippen molar-refractivity contribution in [2.24, 2.45) is 16.8 Å². The summed E-state index contributed by atoms with van der Waals surface area (Å²) in [6, 6.07) is 12.6. The van der Waals surface area contributed by atoms with E-state index >= 15 is 0 Å². The molecule has 2 aromatic carbocycles. The zero-order valence-electron chi connectivity index (χ0n) is 23.7. The van der Waals surface area contributed by atoms with Crippen LogP contribution in [0.15, 0.2) is 58.7 Å². The first-order valence-electron chi connectivity index (χ1n) is 13.3. The van der Waals surface area contributed by atoms with Gasteiger partial charge in [-0.1, -0.05) is 24.3 Å². The number of carbonyl (C=O) groups excluding carboxylic acids is 3. The number of rotatable bonds is 9. The first kappa shape index (κ1) is 28.9. The lowest BCUT2D eigenvalue weighted by Gasteiger charge is -2.41. The lowest BCUT2D eigenvalue weighted by molar-refractivity contribution is -0.153. The van der Waals surface area contributed by atoms with E-state index in [-0.39, 0.29) is 24.6 Å². The summed E-state index contributed by atoms with van der Waals surface area (Å²) in [5, 5.41) is 0. The lowest BCUT2D eigenvalue weighted by atomic mass is 9.62. The Kier molecular flexibility index (Phi) is 8.92. The summed E-state index contributed by atoms with van der Waals surface area (Å²) in [4.78, 5) is 46.0. The van der Waals surface area contributed by atoms with Crippen LogP contribution in [0.4, 0.5) is 0 Å². The summed E-state index contributed by atoms with van der Waals surface area (Å²) >= 11 is 0. The van der Waals surface area contributed by atoms with Crippen molar-refractivity contribution < 1.29 is 38.1 Å². The predicted octanol–water partition coefficient (Wildman–Crippen LogP) is 4.64. The predicted molar refractivity (Wildman–Crippen MR) is 148 cm³/mol. The minimum absolute atomic E-state index is 0.124. The summed E-state index contributed by atoms with van der Waals surface area (Å²) in [7, 11) is 4.60. The molecule has 1 unspecified atom stereocenters. The van der Waals surface area contributed by atoms with Gasteiger partial charge in [0, 0.05) is 23.2 Å². The Balaban J connectivity index is 1.93. The highest BCUT2D eigenvalue weighted by Crippen LogP contribution is 2.50. The minimum atomic E-state index is -1.12. The summed E-state index contributed by atoms with van der Waals surface area (Å²) in [5.74, 6) is -3.34. The molecule has 212 valence electrons. The van der Waals surface area contributed by atoms with E-state index in [1.165, 1.54) is 14.2 Å². The Morgan fingerprint density at radius 3 is 2.20 bits per heavy atom. The molecule has 9 nitrogen and oxygen atoms in total. The van der Waals surface area contributed by atoms with Crippen LogP contribution in [0.2, 0.25) is 0 Å². The van der Waals surface area contributed by atoms with Crippen molar-refractivity contribution in [3.8, 4) is 17.2 Å². The van der Waals surface area contributed by atoms with Gasteiger partial charge in [0.25, 0.3) is 0 Å². The third kappa shape index (κ3) is 5.20. The average Bonchev–Trinajstić information content (AvgIpc) is 2.95. The summed E-state index contributed by atoms with van der Waals surface area (Å²) in [5.41, 5.74) is 2.69. The maximum absolute atomic E-state index is 14.5. The number of esters is 2. The largest absolute Gasteiger partial charge is 0.496 e. The molecule has 2 aromatic rings. The van der Waals surface area contributed by atoms with E-state index in [2.05, 4.69) is 0 Å². The van der Waals surface area contributed by atoms with Gasteiger partial charge in [-0.25, -0.2) is 4.79 Å². The number of allylic oxidation sites excluding steroid dienone is 1. The Morgan fingerprint density at radius 2 is 1.55 bits per heavy atom. The molecule has 40 heavy (non-hydrogen) atoms. The number of hydrogen-bond acceptors (Lipinski definition) is 9. The van der Waals surface area contributed by atoms with Crippen LogP contribution >= 0.6 is 0 Å². The van der Waals surface area contributed by atoms with Gasteiger partial charge in [-0.3, -0.25) is 14.6 Å². The number of ether oxygens (including phenoxy) is 5. The second-order valence-corrected chi connectivity index (χ2v) is 9.58. The van der Waals surface area contributed by atoms with Gasteiger partial charge in [-0.2, -0.15) is 0 Å². The molecule has 0 bridgehead atoms. The topological polar surface area (TPSA) is 110 Å². The highest BCUT2D eigenvalue weighted by Gasteiger charge is 2.53. The third-order valence-electron chi connectivity index (χ3n) is 7.49. The van der Waals surface area contributed by atoms with Crippen LogP contribution in [-0.4, -0.2) is 58.0 Å². The van der Waals surface area contributed by atoms with Crippen molar-refractivity contribution in [1.82, 2.24) is 0 Å². The van der Waals surface area contributed by atoms with Crippen molar-refractivity contribution in [3.63, 3.8) is 0 Å². The monoisotopic (exact) mass is 549 g/mol. The lowest BCUT2D eigenvalue weighted by Crippen LogP contribution is -2.48. The molecule has 2 aliphatic rings. The van der Waals surface area contributed by atoms with E-state index < -0.39 is 35.6 Å². The fourth-order valence-electron chi connectivity index (χ4n) is 5.83. The average molecular weight is 550 g/mol. The van der Waals surface area contributed by atoms with E-state index in [0.717, 1.165) is 5.56 Å². The van der Waals surface area contributed by atoms with Crippen molar-refractivity contribution in [2.75, 3.05) is 34.5 Å². The van der Waals surface area contributed by atoms with Gasteiger partial charge in [0.05, 0.1) is 46.0 Å². The number of para-hydroxylation sites is 1. The summed E-state index contributed by atoms with van der Waals surface area (Å²) < 4.78 is 27.4. The Labute approximate surface area is 234 Å². The standard InChI is InChI=1S/C31H35NO8/c1-7-39-30(34)25-17(3)32-21-16-20(19-11-9-10-12-22(19)36-4)27(31(35)40-8-2)29(33)28(21)26(25)18-13-14-23(37-5)24(15-18)38-6/h9-15,20,26-28H,7-8,16H2,1-6H3/t20-,26-,27-,28?/m1/s1. The molecule has 1 aliphatic heterocycles. The van der Waals surface area contributed by atoms with E-state index in [1.807, 2.05) is 18.2 Å². The molecule has 1 fully saturated rings. The number of nitrogens with zero attached hydrogens (tertiary/aromatic N) is 1. The smallest absolute Gasteiger partial charge is 0.336 e. The molecule has 0 amide bonds. The number of hydrogen-bond donors (Lipinski definition) is 0. The van der Waals surface area contributed by atoms with Crippen LogP contribution in [0.25, 0.3) is 0 Å². The Hall–Kier alpha value is -4.14. The summed E-state index contributed by atoms with van der Waals surface area (Å²) in [6.45, 7) is 5.44. The molecule has 0 saturated heterocycles. The van der Waals surface area contributed by atoms with E-state index in [4.69, 9.17) is 28.7 Å². The van der Waals surface area contributed by atoms with E-state index in [9.17, 15) is 14.4 Å². The molecule has 1 heterocycles. The molecule has 9 heteroatoms. The molecule has 1 aliphatic carbocycles. The number of Topliss-reactive ketones (excluding diaryl/α,β-unsaturated/α-hetero) is 1. The second-order valence-electron chi connectivity index (χ2n) is 9.58. The van der Waals surface area contributed by atoms with E-state index in [1.54, 1.807) is 52.1 Å². The van der Waals surface area contributed by atoms with Crippen molar-refractivity contribution in [2.45, 2.75) is 39.0 Å². The molecule has 0 spiro atoms. The van der Waals surface area contributed by atoms with Gasteiger partial charge < -0.3 is 23.7 Å². The van der Waals surface area contributed by atoms with Crippen LogP contribution in [0.3, 0.4) is 0 Å². The molecule has 0 aromatic heterocycles. The van der Waals surface area contributed by atoms with Crippen LogP contribution in [-0.2, 0) is 23.9 Å². The van der Waals surface area contributed by atoms with Gasteiger partial charge in [0.2, 0.25) is 0 Å². The zero-order chi connectivity index (χ0) is 29.0. The fraction of sp³-hybridized carbons (Fsp3) is 0.419. The SMILES string of the molecule is CCOC(=O)C1=C(C)N=C2C[C@H](c3ccccc3OC)[C@@H](C(=O)OCC)C(=O)C2[C@@H]1c1ccc(OC)c(OC)c1. The van der Waals surface area contributed by atoms with Crippen molar-refractivity contribution in [1.29, 1.82) is 0 Å². The number of methoxy groups -OCH3 is 3. The van der Waals surface area contributed by atoms with Gasteiger partial charge in [-0.05, 0) is 56.5 Å². The van der Waals surface area contributed by atoms with Gasteiger partial charge >= 0.3 is 11.9 Å². The number of benzene rings is 2. The summed E-state index contributed by atoms with van der Waals surface area (Å²) in [6.07, 6.45) is 0.303. The molecule has 0 N–H and O–H groups in total. The Bertz CT molecular complexity index is 1360. The molecule has 1 saturated carbocycles. The molecular formula is C31H35NO8.